The molecule has 0 radical (unpaired) electrons. The number of hydrogen-bond acceptors (Lipinski definition) is 2. The van der Waals surface area contributed by atoms with E-state index in [-0.39, 0.29) is 0 Å². The maximum absolute atomic E-state index is 4.67. The van der Waals surface area contributed by atoms with Gasteiger partial charge in [-0.25, -0.2) is 4.98 Å². The lowest BCUT2D eigenvalue weighted by atomic mass is 9.93. The van der Waals surface area contributed by atoms with Crippen molar-refractivity contribution in [3.05, 3.63) is 29.6 Å². The van der Waals surface area contributed by atoms with Gasteiger partial charge in [0.25, 0.3) is 0 Å². The Morgan fingerprint density at radius 1 is 1.28 bits per heavy atom. The predicted octanol–water partition coefficient (Wildman–Crippen LogP) is 2.80. The van der Waals surface area contributed by atoms with Gasteiger partial charge in [-0.3, -0.25) is 0 Å². The standard InChI is InChI=1S/C15H21N3/c1-11-2-4-13-14(10-11)18-15(17-13)5-3-12-6-8-16-9-7-12/h2,4,10,12,16H,3,5-9H2,1H3,(H,17,18). The van der Waals surface area contributed by atoms with Crippen LogP contribution in [0, 0.1) is 12.8 Å². The highest BCUT2D eigenvalue weighted by Gasteiger charge is 2.13. The molecule has 0 aliphatic carbocycles. The predicted molar refractivity (Wildman–Crippen MR) is 74.7 cm³/mol. The van der Waals surface area contributed by atoms with Gasteiger partial charge in [0.2, 0.25) is 0 Å². The summed E-state index contributed by atoms with van der Waals surface area (Å²) in [5.74, 6) is 2.02. The molecule has 2 N–H and O–H groups in total. The molecule has 0 saturated carbocycles. The summed E-state index contributed by atoms with van der Waals surface area (Å²) >= 11 is 0. The summed E-state index contributed by atoms with van der Waals surface area (Å²) in [6.45, 7) is 4.49. The maximum Gasteiger partial charge on any atom is 0.107 e. The minimum Gasteiger partial charge on any atom is -0.342 e. The molecule has 1 aliphatic rings. The molecule has 0 spiro atoms. The summed E-state index contributed by atoms with van der Waals surface area (Å²) in [5, 5.41) is 3.42. The van der Waals surface area contributed by atoms with Crippen molar-refractivity contribution in [3.63, 3.8) is 0 Å². The van der Waals surface area contributed by atoms with Crippen molar-refractivity contribution in [1.29, 1.82) is 0 Å². The SMILES string of the molecule is Cc1ccc2nc(CCC3CCNCC3)[nH]c2c1. The van der Waals surface area contributed by atoms with Gasteiger partial charge in [0.15, 0.2) is 0 Å². The maximum atomic E-state index is 4.67. The molecule has 2 aromatic rings. The molecule has 3 rings (SSSR count). The Balaban J connectivity index is 1.67. The van der Waals surface area contributed by atoms with Crippen LogP contribution in [0.15, 0.2) is 18.2 Å². The van der Waals surface area contributed by atoms with E-state index in [2.05, 4.69) is 40.4 Å². The van der Waals surface area contributed by atoms with Crippen LogP contribution in [-0.2, 0) is 6.42 Å². The first kappa shape index (κ1) is 11.7. The quantitative estimate of drug-likeness (QED) is 0.870. The molecule has 3 heteroatoms. The number of aryl methyl sites for hydroxylation is 2. The fraction of sp³-hybridized carbons (Fsp3) is 0.533. The number of piperidine rings is 1. The Bertz CT molecular complexity index is 524. The first-order chi connectivity index (χ1) is 8.81. The zero-order valence-corrected chi connectivity index (χ0v) is 11.0. The fourth-order valence-corrected chi connectivity index (χ4v) is 2.81. The minimum absolute atomic E-state index is 0.876. The van der Waals surface area contributed by atoms with Crippen LogP contribution < -0.4 is 5.32 Å². The number of rotatable bonds is 3. The smallest absolute Gasteiger partial charge is 0.107 e. The Morgan fingerprint density at radius 3 is 2.94 bits per heavy atom. The summed E-state index contributed by atoms with van der Waals surface area (Å²) in [4.78, 5) is 8.12. The molecule has 2 heterocycles. The first-order valence-corrected chi connectivity index (χ1v) is 6.97. The molecular formula is C15H21N3. The summed E-state index contributed by atoms with van der Waals surface area (Å²) in [6, 6.07) is 6.41. The largest absolute Gasteiger partial charge is 0.342 e. The number of hydrogen-bond donors (Lipinski definition) is 2. The molecule has 1 saturated heterocycles. The van der Waals surface area contributed by atoms with Crippen molar-refractivity contribution in [1.82, 2.24) is 15.3 Å². The topological polar surface area (TPSA) is 40.7 Å². The third kappa shape index (κ3) is 2.56. The van der Waals surface area contributed by atoms with Crippen LogP contribution >= 0.6 is 0 Å². The number of imidazole rings is 1. The summed E-state index contributed by atoms with van der Waals surface area (Å²) in [5.41, 5.74) is 3.56. The van der Waals surface area contributed by atoms with Crippen molar-refractivity contribution in [3.8, 4) is 0 Å². The van der Waals surface area contributed by atoms with Gasteiger partial charge in [-0.2, -0.15) is 0 Å². The third-order valence-electron chi connectivity index (χ3n) is 3.93. The molecule has 0 unspecified atom stereocenters. The van der Waals surface area contributed by atoms with Gasteiger partial charge in [0, 0.05) is 6.42 Å². The van der Waals surface area contributed by atoms with Crippen LogP contribution in [-0.4, -0.2) is 23.1 Å². The Hall–Kier alpha value is -1.35. The second-order valence-electron chi connectivity index (χ2n) is 5.44. The van der Waals surface area contributed by atoms with Crippen LogP contribution in [0.5, 0.6) is 0 Å². The molecule has 0 bridgehead atoms. The first-order valence-electron chi connectivity index (χ1n) is 6.97. The highest BCUT2D eigenvalue weighted by atomic mass is 14.9. The number of benzene rings is 1. The average molecular weight is 243 g/mol. The van der Waals surface area contributed by atoms with Crippen molar-refractivity contribution < 1.29 is 0 Å². The van der Waals surface area contributed by atoms with E-state index in [1.54, 1.807) is 0 Å². The molecule has 1 aliphatic heterocycles. The molecule has 0 amide bonds. The van der Waals surface area contributed by atoms with E-state index in [0.717, 1.165) is 23.7 Å². The second kappa shape index (κ2) is 5.11. The van der Waals surface area contributed by atoms with E-state index in [9.17, 15) is 0 Å². The zero-order valence-electron chi connectivity index (χ0n) is 11.0. The number of nitrogens with one attached hydrogen (secondary N) is 2. The third-order valence-corrected chi connectivity index (χ3v) is 3.93. The minimum atomic E-state index is 0.876. The number of aromatic nitrogens is 2. The molecule has 3 nitrogen and oxygen atoms in total. The monoisotopic (exact) mass is 243 g/mol. The van der Waals surface area contributed by atoms with Crippen LogP contribution in [0.3, 0.4) is 0 Å². The summed E-state index contributed by atoms with van der Waals surface area (Å²) < 4.78 is 0. The number of nitrogens with zero attached hydrogens (tertiary/aromatic N) is 1. The van der Waals surface area contributed by atoms with Crippen LogP contribution in [0.1, 0.15) is 30.7 Å². The van der Waals surface area contributed by atoms with Gasteiger partial charge in [-0.15, -0.1) is 0 Å². The zero-order chi connectivity index (χ0) is 12.4. The summed E-state index contributed by atoms with van der Waals surface area (Å²) in [6.07, 6.45) is 4.98. The van der Waals surface area contributed by atoms with E-state index in [0.29, 0.717) is 0 Å². The van der Waals surface area contributed by atoms with E-state index in [1.807, 2.05) is 0 Å². The lowest BCUT2D eigenvalue weighted by Gasteiger charge is -2.21. The van der Waals surface area contributed by atoms with E-state index in [1.165, 1.54) is 43.4 Å². The molecular weight excluding hydrogens is 222 g/mol. The van der Waals surface area contributed by atoms with Crippen molar-refractivity contribution >= 4 is 11.0 Å². The lowest BCUT2D eigenvalue weighted by Crippen LogP contribution is -2.27. The Morgan fingerprint density at radius 2 is 2.11 bits per heavy atom. The van der Waals surface area contributed by atoms with E-state index >= 15 is 0 Å². The van der Waals surface area contributed by atoms with E-state index in [4.69, 9.17) is 0 Å². The van der Waals surface area contributed by atoms with Crippen LogP contribution in [0.25, 0.3) is 11.0 Å². The van der Waals surface area contributed by atoms with Gasteiger partial charge in [-0.1, -0.05) is 6.07 Å². The molecule has 1 aromatic heterocycles. The van der Waals surface area contributed by atoms with E-state index < -0.39 is 0 Å². The van der Waals surface area contributed by atoms with Crippen molar-refractivity contribution in [2.24, 2.45) is 5.92 Å². The van der Waals surface area contributed by atoms with Crippen LogP contribution in [0.4, 0.5) is 0 Å². The van der Waals surface area contributed by atoms with Gasteiger partial charge in [0.05, 0.1) is 11.0 Å². The Kier molecular flexibility index (Phi) is 3.33. The Labute approximate surface area is 108 Å². The van der Waals surface area contributed by atoms with Gasteiger partial charge < -0.3 is 10.3 Å². The molecule has 96 valence electrons. The molecule has 18 heavy (non-hydrogen) atoms. The van der Waals surface area contributed by atoms with Crippen molar-refractivity contribution in [2.75, 3.05) is 13.1 Å². The highest BCUT2D eigenvalue weighted by molar-refractivity contribution is 5.75. The fourth-order valence-electron chi connectivity index (χ4n) is 2.81. The van der Waals surface area contributed by atoms with Gasteiger partial charge in [-0.05, 0) is 62.9 Å². The number of aromatic amines is 1. The van der Waals surface area contributed by atoms with Crippen molar-refractivity contribution in [2.45, 2.75) is 32.6 Å². The summed E-state index contributed by atoms with van der Waals surface area (Å²) in [7, 11) is 0. The highest BCUT2D eigenvalue weighted by Crippen LogP contribution is 2.19. The number of fused-ring (bicyclic) bond motifs is 1. The normalized spacial score (nSPS) is 17.4. The van der Waals surface area contributed by atoms with Gasteiger partial charge in [0.1, 0.15) is 5.82 Å². The van der Waals surface area contributed by atoms with Crippen LogP contribution in [0.2, 0.25) is 0 Å². The molecule has 1 aromatic carbocycles. The lowest BCUT2D eigenvalue weighted by molar-refractivity contribution is 0.352. The van der Waals surface area contributed by atoms with Gasteiger partial charge >= 0.3 is 0 Å². The molecule has 1 fully saturated rings. The number of H-pyrrole nitrogens is 1. The molecule has 0 atom stereocenters. The average Bonchev–Trinajstić information content (AvgIpc) is 2.79. The second-order valence-corrected chi connectivity index (χ2v) is 5.44.